The molecule has 0 aliphatic rings. The third-order valence-corrected chi connectivity index (χ3v) is 3.89. The summed E-state index contributed by atoms with van der Waals surface area (Å²) in [5, 5.41) is 6.26. The first-order chi connectivity index (χ1) is 12.0. The zero-order valence-electron chi connectivity index (χ0n) is 14.3. The van der Waals surface area contributed by atoms with Gasteiger partial charge in [0.25, 0.3) is 11.8 Å². The lowest BCUT2D eigenvalue weighted by Crippen LogP contribution is -2.25. The van der Waals surface area contributed by atoms with Crippen LogP contribution in [-0.4, -0.2) is 32.1 Å². The van der Waals surface area contributed by atoms with Gasteiger partial charge in [-0.05, 0) is 61.4 Å². The zero-order valence-corrected chi connectivity index (χ0v) is 15.0. The summed E-state index contributed by atoms with van der Waals surface area (Å²) in [4.78, 5) is 24.3. The van der Waals surface area contributed by atoms with E-state index in [0.29, 0.717) is 35.0 Å². The molecule has 0 radical (unpaired) electrons. The van der Waals surface area contributed by atoms with E-state index < -0.39 is 0 Å². The van der Waals surface area contributed by atoms with Gasteiger partial charge in [0.1, 0.15) is 0 Å². The van der Waals surface area contributed by atoms with Crippen LogP contribution in [0.4, 0.5) is 5.69 Å². The highest BCUT2D eigenvalue weighted by Crippen LogP contribution is 2.20. The first-order valence-corrected chi connectivity index (χ1v) is 8.34. The van der Waals surface area contributed by atoms with Crippen molar-refractivity contribution in [3.05, 3.63) is 64.2 Å². The van der Waals surface area contributed by atoms with Gasteiger partial charge in [-0.15, -0.1) is 0 Å². The normalized spacial score (nSPS) is 10.4. The molecule has 2 N–H and O–H groups in total. The van der Waals surface area contributed by atoms with Crippen molar-refractivity contribution in [2.24, 2.45) is 0 Å². The second kappa shape index (κ2) is 9.20. The van der Waals surface area contributed by atoms with Gasteiger partial charge in [-0.25, -0.2) is 0 Å². The molecule has 0 aromatic heterocycles. The van der Waals surface area contributed by atoms with Gasteiger partial charge in [0.05, 0.1) is 0 Å². The number of benzene rings is 2. The molecule has 5 nitrogen and oxygen atoms in total. The number of aryl methyl sites for hydroxylation is 1. The fourth-order valence-electron chi connectivity index (χ4n) is 2.26. The molecule has 2 aromatic rings. The summed E-state index contributed by atoms with van der Waals surface area (Å²) in [5.41, 5.74) is 2.57. The third-order valence-electron chi connectivity index (χ3n) is 3.66. The minimum Gasteiger partial charge on any atom is -0.385 e. The number of rotatable bonds is 7. The average Bonchev–Trinajstić information content (AvgIpc) is 2.61. The molecule has 25 heavy (non-hydrogen) atoms. The average molecular weight is 361 g/mol. The van der Waals surface area contributed by atoms with Crippen molar-refractivity contribution in [3.63, 3.8) is 0 Å². The molecule has 2 aromatic carbocycles. The topological polar surface area (TPSA) is 67.4 Å². The van der Waals surface area contributed by atoms with Crippen LogP contribution in [0.1, 0.15) is 32.7 Å². The maximum absolute atomic E-state index is 12.3. The van der Waals surface area contributed by atoms with E-state index in [-0.39, 0.29) is 11.8 Å². The summed E-state index contributed by atoms with van der Waals surface area (Å²) in [6, 6.07) is 11.8. The Bertz CT molecular complexity index is 745. The largest absolute Gasteiger partial charge is 0.385 e. The maximum Gasteiger partial charge on any atom is 0.255 e. The number of hydrogen-bond acceptors (Lipinski definition) is 3. The molecule has 2 rings (SSSR count). The lowest BCUT2D eigenvalue weighted by atomic mass is 10.1. The van der Waals surface area contributed by atoms with Gasteiger partial charge in [0.15, 0.2) is 0 Å². The summed E-state index contributed by atoms with van der Waals surface area (Å²) in [6.07, 6.45) is 0.753. The molecule has 0 spiro atoms. The van der Waals surface area contributed by atoms with E-state index in [0.717, 1.165) is 12.0 Å². The van der Waals surface area contributed by atoms with Crippen LogP contribution in [-0.2, 0) is 4.74 Å². The van der Waals surface area contributed by atoms with E-state index >= 15 is 0 Å². The SMILES string of the molecule is COCCCNC(=O)c1ccc(C(=O)Nc2ccc(Cl)cc2C)cc1. The molecule has 0 atom stereocenters. The van der Waals surface area contributed by atoms with Crippen LogP contribution in [0.2, 0.25) is 5.02 Å². The fraction of sp³-hybridized carbons (Fsp3) is 0.263. The number of ether oxygens (including phenoxy) is 1. The van der Waals surface area contributed by atoms with E-state index in [1.807, 2.05) is 6.92 Å². The van der Waals surface area contributed by atoms with Gasteiger partial charge in [-0.2, -0.15) is 0 Å². The highest BCUT2D eigenvalue weighted by Gasteiger charge is 2.10. The van der Waals surface area contributed by atoms with Crippen LogP contribution in [0, 0.1) is 6.92 Å². The van der Waals surface area contributed by atoms with E-state index in [2.05, 4.69) is 10.6 Å². The van der Waals surface area contributed by atoms with Crippen molar-refractivity contribution in [2.75, 3.05) is 25.6 Å². The maximum atomic E-state index is 12.3. The van der Waals surface area contributed by atoms with Crippen LogP contribution >= 0.6 is 11.6 Å². The van der Waals surface area contributed by atoms with Gasteiger partial charge in [-0.3, -0.25) is 9.59 Å². The van der Waals surface area contributed by atoms with E-state index in [1.165, 1.54) is 0 Å². The number of anilines is 1. The summed E-state index contributed by atoms with van der Waals surface area (Å²) >= 11 is 5.91. The molecule has 0 fully saturated rings. The van der Waals surface area contributed by atoms with Crippen LogP contribution in [0.5, 0.6) is 0 Å². The molecule has 2 amide bonds. The Hall–Kier alpha value is -2.37. The minimum atomic E-state index is -0.238. The standard InChI is InChI=1S/C19H21ClN2O3/c1-13-12-16(20)8-9-17(13)22-19(24)15-6-4-14(5-7-15)18(23)21-10-3-11-25-2/h4-9,12H,3,10-11H2,1-2H3,(H,21,23)(H,22,24). The van der Waals surface area contributed by atoms with Crippen LogP contribution in [0.15, 0.2) is 42.5 Å². The molecule has 0 heterocycles. The lowest BCUT2D eigenvalue weighted by molar-refractivity contribution is 0.0947. The molecular weight excluding hydrogens is 340 g/mol. The molecule has 0 aliphatic carbocycles. The van der Waals surface area contributed by atoms with Gasteiger partial charge < -0.3 is 15.4 Å². The number of methoxy groups -OCH3 is 1. The number of amides is 2. The molecule has 0 saturated heterocycles. The van der Waals surface area contributed by atoms with Crippen molar-refractivity contribution >= 4 is 29.1 Å². The van der Waals surface area contributed by atoms with E-state index in [9.17, 15) is 9.59 Å². The second-order valence-corrected chi connectivity index (χ2v) is 6.03. The van der Waals surface area contributed by atoms with Crippen molar-refractivity contribution in [3.8, 4) is 0 Å². The summed E-state index contributed by atoms with van der Waals surface area (Å²) in [7, 11) is 1.62. The Morgan fingerprint density at radius 1 is 1.04 bits per heavy atom. The van der Waals surface area contributed by atoms with Crippen LogP contribution in [0.3, 0.4) is 0 Å². The van der Waals surface area contributed by atoms with Crippen LogP contribution < -0.4 is 10.6 Å². The van der Waals surface area contributed by atoms with Crippen molar-refractivity contribution in [1.29, 1.82) is 0 Å². The Morgan fingerprint density at radius 3 is 2.28 bits per heavy atom. The summed E-state index contributed by atoms with van der Waals surface area (Å²) < 4.78 is 4.93. The molecule has 0 unspecified atom stereocenters. The van der Waals surface area contributed by atoms with Gasteiger partial charge in [0.2, 0.25) is 0 Å². The Kier molecular flexibility index (Phi) is 6.98. The summed E-state index contributed by atoms with van der Waals surface area (Å²) in [6.45, 7) is 3.02. The Morgan fingerprint density at radius 2 is 1.68 bits per heavy atom. The van der Waals surface area contributed by atoms with Crippen molar-refractivity contribution < 1.29 is 14.3 Å². The predicted octanol–water partition coefficient (Wildman–Crippen LogP) is 3.67. The van der Waals surface area contributed by atoms with Gasteiger partial charge in [0, 0.05) is 42.1 Å². The van der Waals surface area contributed by atoms with Crippen molar-refractivity contribution in [1.82, 2.24) is 5.32 Å². The monoisotopic (exact) mass is 360 g/mol. The minimum absolute atomic E-state index is 0.170. The number of carbonyl (C=O) groups excluding carboxylic acids is 2. The molecule has 6 heteroatoms. The van der Waals surface area contributed by atoms with Gasteiger partial charge >= 0.3 is 0 Å². The molecule has 0 saturated carbocycles. The van der Waals surface area contributed by atoms with E-state index in [1.54, 1.807) is 49.6 Å². The van der Waals surface area contributed by atoms with E-state index in [4.69, 9.17) is 16.3 Å². The van der Waals surface area contributed by atoms with Gasteiger partial charge in [-0.1, -0.05) is 11.6 Å². The highest BCUT2D eigenvalue weighted by molar-refractivity contribution is 6.30. The lowest BCUT2D eigenvalue weighted by Gasteiger charge is -2.09. The summed E-state index contributed by atoms with van der Waals surface area (Å²) in [5.74, 6) is -0.408. The van der Waals surface area contributed by atoms with Crippen LogP contribution in [0.25, 0.3) is 0 Å². The molecule has 0 aliphatic heterocycles. The molecule has 0 bridgehead atoms. The fourth-order valence-corrected chi connectivity index (χ4v) is 2.48. The quantitative estimate of drug-likeness (QED) is 0.740. The first-order valence-electron chi connectivity index (χ1n) is 7.96. The third kappa shape index (κ3) is 5.59. The smallest absolute Gasteiger partial charge is 0.255 e. The molecule has 132 valence electrons. The number of nitrogens with one attached hydrogen (secondary N) is 2. The number of hydrogen-bond donors (Lipinski definition) is 2. The zero-order chi connectivity index (χ0) is 18.2. The second-order valence-electron chi connectivity index (χ2n) is 5.59. The number of carbonyl (C=O) groups is 2. The Labute approximate surface area is 152 Å². The number of halogens is 1. The first kappa shape index (κ1) is 19.0. The highest BCUT2D eigenvalue weighted by atomic mass is 35.5. The Balaban J connectivity index is 1.96. The predicted molar refractivity (Wildman–Crippen MR) is 99.4 cm³/mol. The van der Waals surface area contributed by atoms with Crippen molar-refractivity contribution in [2.45, 2.75) is 13.3 Å². The molecular formula is C19H21ClN2O3.